The van der Waals surface area contributed by atoms with Gasteiger partial charge in [-0.15, -0.1) is 0 Å². The molecule has 25 heavy (non-hydrogen) atoms. The smallest absolute Gasteiger partial charge is 0.270 e. The van der Waals surface area contributed by atoms with Gasteiger partial charge >= 0.3 is 0 Å². The number of benzene rings is 2. The molecule has 0 bridgehead atoms. The number of rotatable bonds is 6. The van der Waals surface area contributed by atoms with Crippen LogP contribution in [0.2, 0.25) is 0 Å². The van der Waals surface area contributed by atoms with Crippen LogP contribution in [0.1, 0.15) is 16.9 Å². The van der Waals surface area contributed by atoms with Crippen molar-refractivity contribution in [1.82, 2.24) is 10.3 Å². The number of hydrogen-bond acceptors (Lipinski definition) is 3. The number of para-hydroxylation sites is 1. The lowest BCUT2D eigenvalue weighted by molar-refractivity contribution is 0.0950. The number of fused-ring (bicyclic) bond motifs is 1. The number of halogens is 1. The predicted octanol–water partition coefficient (Wildman–Crippen LogP) is 3.63. The predicted molar refractivity (Wildman–Crippen MR) is 98.4 cm³/mol. The zero-order valence-electron chi connectivity index (χ0n) is 14.1. The molecule has 128 valence electrons. The molecule has 0 atom stereocenters. The van der Waals surface area contributed by atoms with E-state index in [1.54, 1.807) is 18.3 Å². The molecule has 0 saturated heterocycles. The van der Waals surface area contributed by atoms with Gasteiger partial charge in [0.1, 0.15) is 11.5 Å². The van der Waals surface area contributed by atoms with Gasteiger partial charge in [0.05, 0.1) is 5.69 Å². The number of hydrogen-bond donors (Lipinski definition) is 1. The highest BCUT2D eigenvalue weighted by Crippen LogP contribution is 2.17. The van der Waals surface area contributed by atoms with Crippen molar-refractivity contribution in [1.29, 1.82) is 0 Å². The number of anilines is 1. The molecule has 0 spiro atoms. The Bertz CT molecular complexity index is 876. The molecular weight excluding hydrogens is 317 g/mol. The van der Waals surface area contributed by atoms with E-state index in [1.807, 2.05) is 48.3 Å². The van der Waals surface area contributed by atoms with Crippen molar-refractivity contribution in [2.24, 2.45) is 0 Å². The van der Waals surface area contributed by atoms with Crippen LogP contribution in [0, 0.1) is 5.82 Å². The summed E-state index contributed by atoms with van der Waals surface area (Å²) < 4.78 is 13.7. The largest absolute Gasteiger partial charge is 0.372 e. The number of carbonyl (C=O) groups excluding carboxylic acids is 1. The first kappa shape index (κ1) is 16.9. The second-order valence-corrected chi connectivity index (χ2v) is 5.86. The Morgan fingerprint density at radius 3 is 2.72 bits per heavy atom. The Hall–Kier alpha value is -2.95. The lowest BCUT2D eigenvalue weighted by atomic mass is 10.1. The fraction of sp³-hybridized carbons (Fsp3) is 0.200. The maximum absolute atomic E-state index is 13.7. The molecule has 2 aromatic carbocycles. The van der Waals surface area contributed by atoms with Gasteiger partial charge in [0, 0.05) is 31.7 Å². The van der Waals surface area contributed by atoms with Crippen LogP contribution in [0.15, 0.2) is 60.8 Å². The Morgan fingerprint density at radius 1 is 1.12 bits per heavy atom. The number of pyridine rings is 1. The summed E-state index contributed by atoms with van der Waals surface area (Å²) in [6.07, 6.45) is 2.35. The molecule has 0 saturated carbocycles. The molecule has 0 aliphatic rings. The Morgan fingerprint density at radius 2 is 1.88 bits per heavy atom. The van der Waals surface area contributed by atoms with Crippen molar-refractivity contribution in [2.45, 2.75) is 6.42 Å². The monoisotopic (exact) mass is 337 g/mol. The Labute approximate surface area is 146 Å². The van der Waals surface area contributed by atoms with Crippen LogP contribution in [0.4, 0.5) is 10.1 Å². The number of nitrogens with zero attached hydrogens (tertiary/aromatic N) is 2. The molecule has 0 aliphatic heterocycles. The third-order valence-corrected chi connectivity index (χ3v) is 4.11. The minimum absolute atomic E-state index is 0.189. The van der Waals surface area contributed by atoms with Gasteiger partial charge in [0.25, 0.3) is 5.91 Å². The standard InChI is InChI=1S/C20H20FN3O/c1-24(18-10-5-4-9-17(18)21)14-6-12-23-20(25)19-16-8-3-2-7-15(16)11-13-22-19/h2-5,7-11,13H,6,12,14H2,1H3,(H,23,25). The van der Waals surface area contributed by atoms with Gasteiger partial charge in [0.2, 0.25) is 0 Å². The van der Waals surface area contributed by atoms with E-state index in [0.29, 0.717) is 30.9 Å². The van der Waals surface area contributed by atoms with Crippen LogP contribution in [-0.2, 0) is 0 Å². The lowest BCUT2D eigenvalue weighted by Crippen LogP contribution is -2.29. The van der Waals surface area contributed by atoms with Crippen molar-refractivity contribution in [2.75, 3.05) is 25.0 Å². The van der Waals surface area contributed by atoms with Crippen LogP contribution >= 0.6 is 0 Å². The normalized spacial score (nSPS) is 10.6. The summed E-state index contributed by atoms with van der Waals surface area (Å²) in [5.41, 5.74) is 0.991. The van der Waals surface area contributed by atoms with Crippen LogP contribution in [0.25, 0.3) is 10.8 Å². The molecular formula is C20H20FN3O. The molecule has 1 aromatic heterocycles. The van der Waals surface area contributed by atoms with Gasteiger partial charge in [0.15, 0.2) is 0 Å². The summed E-state index contributed by atoms with van der Waals surface area (Å²) in [5.74, 6) is -0.431. The van der Waals surface area contributed by atoms with E-state index in [-0.39, 0.29) is 11.7 Å². The molecule has 0 unspecified atom stereocenters. The third-order valence-electron chi connectivity index (χ3n) is 4.11. The maximum Gasteiger partial charge on any atom is 0.270 e. The summed E-state index contributed by atoms with van der Waals surface area (Å²) in [6, 6.07) is 16.2. The maximum atomic E-state index is 13.7. The van der Waals surface area contributed by atoms with E-state index in [4.69, 9.17) is 0 Å². The molecule has 5 heteroatoms. The molecule has 0 radical (unpaired) electrons. The fourth-order valence-corrected chi connectivity index (χ4v) is 2.78. The van der Waals surface area contributed by atoms with Crippen LogP contribution in [0.5, 0.6) is 0 Å². The second-order valence-electron chi connectivity index (χ2n) is 5.86. The van der Waals surface area contributed by atoms with Gasteiger partial charge < -0.3 is 10.2 Å². The average molecular weight is 337 g/mol. The summed E-state index contributed by atoms with van der Waals surface area (Å²) in [7, 11) is 1.84. The van der Waals surface area contributed by atoms with Gasteiger partial charge in [-0.05, 0) is 30.0 Å². The molecule has 3 aromatic rings. The van der Waals surface area contributed by atoms with Gasteiger partial charge in [-0.1, -0.05) is 36.4 Å². The Kier molecular flexibility index (Phi) is 5.23. The van der Waals surface area contributed by atoms with Crippen LogP contribution in [-0.4, -0.2) is 31.0 Å². The van der Waals surface area contributed by atoms with E-state index in [2.05, 4.69) is 10.3 Å². The summed E-state index contributed by atoms with van der Waals surface area (Å²) in [6.45, 7) is 1.15. The molecule has 1 amide bonds. The number of amides is 1. The van der Waals surface area contributed by atoms with E-state index in [1.165, 1.54) is 6.07 Å². The van der Waals surface area contributed by atoms with Gasteiger partial charge in [-0.2, -0.15) is 0 Å². The minimum Gasteiger partial charge on any atom is -0.372 e. The van der Waals surface area contributed by atoms with E-state index in [9.17, 15) is 9.18 Å². The highest BCUT2D eigenvalue weighted by Gasteiger charge is 2.11. The molecule has 0 fully saturated rings. The van der Waals surface area contributed by atoms with Crippen molar-refractivity contribution in [3.8, 4) is 0 Å². The number of aromatic nitrogens is 1. The summed E-state index contributed by atoms with van der Waals surface area (Å²) in [4.78, 5) is 18.4. The SMILES string of the molecule is CN(CCCNC(=O)c1nccc2ccccc12)c1ccccc1F. The van der Waals surface area contributed by atoms with E-state index in [0.717, 1.165) is 10.8 Å². The fourth-order valence-electron chi connectivity index (χ4n) is 2.78. The van der Waals surface area contributed by atoms with Crippen LogP contribution < -0.4 is 10.2 Å². The first-order chi connectivity index (χ1) is 12.2. The van der Waals surface area contributed by atoms with Crippen LogP contribution in [0.3, 0.4) is 0 Å². The minimum atomic E-state index is -0.242. The van der Waals surface area contributed by atoms with Crippen molar-refractivity contribution < 1.29 is 9.18 Å². The topological polar surface area (TPSA) is 45.2 Å². The lowest BCUT2D eigenvalue weighted by Gasteiger charge is -2.19. The summed E-state index contributed by atoms with van der Waals surface area (Å²) >= 11 is 0. The van der Waals surface area contributed by atoms with Crippen molar-refractivity contribution in [3.05, 3.63) is 72.3 Å². The number of nitrogens with one attached hydrogen (secondary N) is 1. The molecule has 3 rings (SSSR count). The molecule has 0 aliphatic carbocycles. The quantitative estimate of drug-likeness (QED) is 0.699. The van der Waals surface area contributed by atoms with Crippen molar-refractivity contribution >= 4 is 22.4 Å². The average Bonchev–Trinajstić information content (AvgIpc) is 2.64. The van der Waals surface area contributed by atoms with E-state index >= 15 is 0 Å². The summed E-state index contributed by atoms with van der Waals surface area (Å²) in [5, 5.41) is 4.72. The van der Waals surface area contributed by atoms with Crippen molar-refractivity contribution in [3.63, 3.8) is 0 Å². The van der Waals surface area contributed by atoms with Gasteiger partial charge in [-0.3, -0.25) is 9.78 Å². The molecule has 1 heterocycles. The highest BCUT2D eigenvalue weighted by molar-refractivity contribution is 6.05. The Balaban J connectivity index is 1.55. The zero-order chi connectivity index (χ0) is 17.6. The zero-order valence-corrected chi connectivity index (χ0v) is 14.1. The first-order valence-corrected chi connectivity index (χ1v) is 8.24. The first-order valence-electron chi connectivity index (χ1n) is 8.24. The second kappa shape index (κ2) is 7.75. The number of carbonyl (C=O) groups is 1. The third kappa shape index (κ3) is 3.94. The van der Waals surface area contributed by atoms with E-state index < -0.39 is 0 Å². The highest BCUT2D eigenvalue weighted by atomic mass is 19.1. The molecule has 1 N–H and O–H groups in total. The molecule has 4 nitrogen and oxygen atoms in total. The van der Waals surface area contributed by atoms with Gasteiger partial charge in [-0.25, -0.2) is 4.39 Å².